The zero-order chi connectivity index (χ0) is 22.1. The molecule has 3 aliphatic rings. The van der Waals surface area contributed by atoms with Crippen LogP contribution < -0.4 is 5.32 Å². The second kappa shape index (κ2) is 8.41. The van der Waals surface area contributed by atoms with Gasteiger partial charge in [-0.15, -0.1) is 0 Å². The van der Waals surface area contributed by atoms with Gasteiger partial charge in [0.1, 0.15) is 6.54 Å². The molecule has 0 aromatic heterocycles. The van der Waals surface area contributed by atoms with Crippen molar-refractivity contribution in [1.82, 2.24) is 15.1 Å². The Morgan fingerprint density at radius 1 is 0.875 bits per heavy atom. The third-order valence-electron chi connectivity index (χ3n) is 7.38. The minimum Gasteiger partial charge on any atom is -0.338 e. The summed E-state index contributed by atoms with van der Waals surface area (Å²) in [4.78, 5) is 43.3. The van der Waals surface area contributed by atoms with E-state index < -0.39 is 17.5 Å². The summed E-state index contributed by atoms with van der Waals surface area (Å²) < 4.78 is 0. The summed E-state index contributed by atoms with van der Waals surface area (Å²) in [6.07, 6.45) is 6.72. The molecule has 32 heavy (non-hydrogen) atoms. The number of amides is 4. The molecule has 6 heteroatoms. The van der Waals surface area contributed by atoms with Crippen LogP contribution in [-0.2, 0) is 15.1 Å². The van der Waals surface area contributed by atoms with Gasteiger partial charge in [0.2, 0.25) is 5.91 Å². The Labute approximate surface area is 188 Å². The molecule has 2 aromatic carbocycles. The monoisotopic (exact) mass is 431 g/mol. The molecule has 0 radical (unpaired) electrons. The Morgan fingerprint density at radius 2 is 1.47 bits per heavy atom. The third kappa shape index (κ3) is 3.38. The van der Waals surface area contributed by atoms with Gasteiger partial charge in [-0.3, -0.25) is 14.5 Å². The number of piperidine rings is 1. The molecule has 2 saturated heterocycles. The fourth-order valence-corrected chi connectivity index (χ4v) is 5.81. The maximum atomic E-state index is 13.8. The first-order valence-corrected chi connectivity index (χ1v) is 11.7. The predicted octanol–water partition coefficient (Wildman–Crippen LogP) is 3.66. The number of urea groups is 1. The highest BCUT2D eigenvalue weighted by Gasteiger charge is 2.54. The van der Waals surface area contributed by atoms with Crippen molar-refractivity contribution in [2.75, 3.05) is 13.1 Å². The molecule has 1 saturated carbocycles. The van der Waals surface area contributed by atoms with E-state index in [0.717, 1.165) is 24.2 Å². The van der Waals surface area contributed by atoms with Crippen molar-refractivity contribution in [3.05, 3.63) is 71.8 Å². The Hall–Kier alpha value is -3.15. The van der Waals surface area contributed by atoms with Crippen molar-refractivity contribution in [1.29, 1.82) is 0 Å². The zero-order valence-corrected chi connectivity index (χ0v) is 18.2. The summed E-state index contributed by atoms with van der Waals surface area (Å²) in [6, 6.07) is 18.3. The molecule has 0 spiro atoms. The molecular formula is C26H29N3O3. The van der Waals surface area contributed by atoms with Gasteiger partial charge in [0, 0.05) is 12.6 Å². The lowest BCUT2D eigenvalue weighted by molar-refractivity contribution is -0.142. The highest BCUT2D eigenvalue weighted by atomic mass is 16.2. The number of carbonyl (C=O) groups excluding carboxylic acids is 3. The lowest BCUT2D eigenvalue weighted by Crippen LogP contribution is -2.53. The van der Waals surface area contributed by atoms with E-state index in [1.807, 2.05) is 65.6 Å². The average molecular weight is 432 g/mol. The van der Waals surface area contributed by atoms with Crippen molar-refractivity contribution in [3.8, 4) is 0 Å². The third-order valence-corrected chi connectivity index (χ3v) is 7.38. The van der Waals surface area contributed by atoms with E-state index >= 15 is 0 Å². The second-order valence-electron chi connectivity index (χ2n) is 9.14. The smallest absolute Gasteiger partial charge is 0.326 e. The molecule has 2 atom stereocenters. The molecule has 6 nitrogen and oxygen atoms in total. The number of rotatable bonds is 4. The molecule has 2 heterocycles. The standard InChI is InChI=1S/C26H29N3O3/c30-23(28-17-9-11-19-10-7-8-16-22(19)28)18-29-24(31)26(27-25(29)32,20-12-3-1-4-13-20)21-14-5-2-6-15-21/h1-6,12-15,19,22H,7-11,16-18H2,(H,27,32). The van der Waals surface area contributed by atoms with Gasteiger partial charge in [0.25, 0.3) is 5.91 Å². The topological polar surface area (TPSA) is 69.7 Å². The normalized spacial score (nSPS) is 24.8. The van der Waals surface area contributed by atoms with E-state index in [2.05, 4.69) is 5.32 Å². The Morgan fingerprint density at radius 3 is 2.12 bits per heavy atom. The average Bonchev–Trinajstić information content (AvgIpc) is 3.10. The second-order valence-corrected chi connectivity index (χ2v) is 9.14. The molecule has 1 N–H and O–H groups in total. The van der Waals surface area contributed by atoms with Gasteiger partial charge in [0.15, 0.2) is 5.54 Å². The van der Waals surface area contributed by atoms with Crippen LogP contribution in [0.2, 0.25) is 0 Å². The summed E-state index contributed by atoms with van der Waals surface area (Å²) in [6.45, 7) is 0.501. The molecular weight excluding hydrogens is 402 g/mol. The number of nitrogens with zero attached hydrogens (tertiary/aromatic N) is 2. The SMILES string of the molecule is O=C1NC(c2ccccc2)(c2ccccc2)C(=O)N1CC(=O)N1CCCC2CCCCC21. The van der Waals surface area contributed by atoms with Crippen LogP contribution in [0, 0.1) is 5.92 Å². The van der Waals surface area contributed by atoms with Crippen LogP contribution in [0.1, 0.15) is 49.7 Å². The van der Waals surface area contributed by atoms with E-state index in [4.69, 9.17) is 0 Å². The fourth-order valence-electron chi connectivity index (χ4n) is 5.81. The van der Waals surface area contributed by atoms with Crippen LogP contribution in [0.15, 0.2) is 60.7 Å². The molecule has 166 valence electrons. The van der Waals surface area contributed by atoms with E-state index in [-0.39, 0.29) is 18.5 Å². The molecule has 2 aliphatic heterocycles. The van der Waals surface area contributed by atoms with Crippen molar-refractivity contribution < 1.29 is 14.4 Å². The maximum Gasteiger partial charge on any atom is 0.326 e. The first-order valence-electron chi connectivity index (χ1n) is 11.7. The molecule has 4 amide bonds. The van der Waals surface area contributed by atoms with Crippen LogP contribution in [0.4, 0.5) is 4.79 Å². The van der Waals surface area contributed by atoms with Crippen molar-refractivity contribution in [3.63, 3.8) is 0 Å². The number of nitrogens with one attached hydrogen (secondary N) is 1. The van der Waals surface area contributed by atoms with Crippen LogP contribution in [0.25, 0.3) is 0 Å². The number of likely N-dealkylation sites (tertiary alicyclic amines) is 1. The van der Waals surface area contributed by atoms with Gasteiger partial charge >= 0.3 is 6.03 Å². The number of benzene rings is 2. The molecule has 2 unspecified atom stereocenters. The minimum absolute atomic E-state index is 0.123. The summed E-state index contributed by atoms with van der Waals surface area (Å²) in [7, 11) is 0. The molecule has 5 rings (SSSR count). The lowest BCUT2D eigenvalue weighted by Gasteiger charge is -2.44. The Bertz CT molecular complexity index is 966. The zero-order valence-electron chi connectivity index (χ0n) is 18.2. The van der Waals surface area contributed by atoms with Gasteiger partial charge < -0.3 is 10.2 Å². The van der Waals surface area contributed by atoms with Gasteiger partial charge in [-0.2, -0.15) is 0 Å². The number of hydrogen-bond acceptors (Lipinski definition) is 3. The highest BCUT2D eigenvalue weighted by Crippen LogP contribution is 2.37. The molecule has 2 aromatic rings. The van der Waals surface area contributed by atoms with Gasteiger partial charge in [-0.25, -0.2) is 4.79 Å². The quantitative estimate of drug-likeness (QED) is 0.751. The van der Waals surface area contributed by atoms with Crippen LogP contribution in [0.3, 0.4) is 0 Å². The fraction of sp³-hybridized carbons (Fsp3) is 0.423. The highest BCUT2D eigenvalue weighted by molar-refractivity contribution is 6.11. The summed E-state index contributed by atoms with van der Waals surface area (Å²) in [5, 5.41) is 2.93. The molecule has 3 fully saturated rings. The van der Waals surface area contributed by atoms with Crippen LogP contribution >= 0.6 is 0 Å². The molecule has 1 aliphatic carbocycles. The van der Waals surface area contributed by atoms with Crippen molar-refractivity contribution >= 4 is 17.8 Å². The number of carbonyl (C=O) groups is 3. The van der Waals surface area contributed by atoms with E-state index in [0.29, 0.717) is 23.6 Å². The Balaban J connectivity index is 1.44. The lowest BCUT2D eigenvalue weighted by atomic mass is 9.78. The first-order chi connectivity index (χ1) is 15.6. The van der Waals surface area contributed by atoms with Crippen molar-refractivity contribution in [2.24, 2.45) is 5.92 Å². The number of imide groups is 1. The summed E-state index contributed by atoms with van der Waals surface area (Å²) in [5.74, 6) is 0.0322. The van der Waals surface area contributed by atoms with E-state index in [1.165, 1.54) is 19.3 Å². The van der Waals surface area contributed by atoms with E-state index in [1.54, 1.807) is 0 Å². The van der Waals surface area contributed by atoms with Gasteiger partial charge in [-0.1, -0.05) is 73.5 Å². The first kappa shape index (κ1) is 20.7. The van der Waals surface area contributed by atoms with Crippen molar-refractivity contribution in [2.45, 2.75) is 50.1 Å². The molecule has 0 bridgehead atoms. The van der Waals surface area contributed by atoms with Crippen LogP contribution in [0.5, 0.6) is 0 Å². The maximum absolute atomic E-state index is 13.8. The Kier molecular flexibility index (Phi) is 5.45. The predicted molar refractivity (Wildman–Crippen MR) is 121 cm³/mol. The largest absolute Gasteiger partial charge is 0.338 e. The number of fused-ring (bicyclic) bond motifs is 1. The van der Waals surface area contributed by atoms with Gasteiger partial charge in [-0.05, 0) is 42.7 Å². The number of hydrogen-bond donors (Lipinski definition) is 1. The summed E-state index contributed by atoms with van der Waals surface area (Å²) >= 11 is 0. The van der Waals surface area contributed by atoms with E-state index in [9.17, 15) is 14.4 Å². The minimum atomic E-state index is -1.32. The van der Waals surface area contributed by atoms with Crippen LogP contribution in [-0.4, -0.2) is 46.8 Å². The summed E-state index contributed by atoms with van der Waals surface area (Å²) in [5.41, 5.74) is 0.0458. The van der Waals surface area contributed by atoms with Gasteiger partial charge in [0.05, 0.1) is 0 Å².